The van der Waals surface area contributed by atoms with E-state index in [-0.39, 0.29) is 17.7 Å². The van der Waals surface area contributed by atoms with Crippen molar-refractivity contribution in [2.45, 2.75) is 106 Å². The Hall–Kier alpha value is -3.35. The van der Waals surface area contributed by atoms with Gasteiger partial charge in [-0.15, -0.1) is 0 Å². The molecule has 0 aliphatic rings. The maximum Gasteiger partial charge on any atom is 0.408 e. The van der Waals surface area contributed by atoms with E-state index >= 15 is 0 Å². The highest BCUT2D eigenvalue weighted by atomic mass is 16.6. The van der Waals surface area contributed by atoms with E-state index in [0.717, 1.165) is 53.6 Å². The number of benzene rings is 2. The lowest BCUT2D eigenvalue weighted by molar-refractivity contribution is -0.141. The lowest BCUT2D eigenvalue weighted by Gasteiger charge is -2.36. The summed E-state index contributed by atoms with van der Waals surface area (Å²) < 4.78 is 5.47. The monoisotopic (exact) mass is 551 g/mol. The number of aryl methyl sites for hydroxylation is 3. The van der Waals surface area contributed by atoms with Gasteiger partial charge in [0, 0.05) is 12.2 Å². The molecule has 7 nitrogen and oxygen atoms in total. The van der Waals surface area contributed by atoms with Crippen molar-refractivity contribution in [3.63, 3.8) is 0 Å². The molecule has 2 atom stereocenters. The third kappa shape index (κ3) is 9.68. The smallest absolute Gasteiger partial charge is 0.408 e. The van der Waals surface area contributed by atoms with Gasteiger partial charge >= 0.3 is 6.09 Å². The van der Waals surface area contributed by atoms with Gasteiger partial charge in [-0.3, -0.25) is 9.59 Å². The van der Waals surface area contributed by atoms with Crippen LogP contribution in [0.5, 0.6) is 0 Å². The summed E-state index contributed by atoms with van der Waals surface area (Å²) in [6.07, 6.45) is 3.12. The summed E-state index contributed by atoms with van der Waals surface area (Å²) in [5, 5.41) is 5.92. The van der Waals surface area contributed by atoms with Crippen molar-refractivity contribution in [3.05, 3.63) is 64.7 Å². The summed E-state index contributed by atoms with van der Waals surface area (Å²) in [7, 11) is 0. The van der Waals surface area contributed by atoms with Gasteiger partial charge in [0.2, 0.25) is 5.91 Å². The molecule has 0 aromatic heterocycles. The molecule has 0 radical (unpaired) electrons. The van der Waals surface area contributed by atoms with Crippen LogP contribution in [0.3, 0.4) is 0 Å². The number of hydrogen-bond donors (Lipinski definition) is 2. The average Bonchev–Trinajstić information content (AvgIpc) is 2.86. The van der Waals surface area contributed by atoms with Gasteiger partial charge in [-0.25, -0.2) is 4.79 Å². The number of ether oxygens (including phenoxy) is 1. The molecule has 0 fully saturated rings. The number of hydrogen-bond acceptors (Lipinski definition) is 4. The fraction of sp³-hybridized carbons (Fsp3) is 0.545. The quantitative estimate of drug-likeness (QED) is 0.272. The Morgan fingerprint density at radius 1 is 0.900 bits per heavy atom. The maximum atomic E-state index is 14.3. The topological polar surface area (TPSA) is 87.7 Å². The fourth-order valence-corrected chi connectivity index (χ4v) is 4.63. The first-order valence-corrected chi connectivity index (χ1v) is 14.5. The molecule has 0 saturated carbocycles. The van der Waals surface area contributed by atoms with Gasteiger partial charge in [-0.1, -0.05) is 88.1 Å². The summed E-state index contributed by atoms with van der Waals surface area (Å²) in [5.74, 6) is -0.817. The molecule has 0 saturated heterocycles. The third-order valence-corrected chi connectivity index (χ3v) is 6.82. The van der Waals surface area contributed by atoms with Gasteiger partial charge in [0.15, 0.2) is 0 Å². The zero-order valence-electron chi connectivity index (χ0n) is 25.9. The first-order valence-electron chi connectivity index (χ1n) is 14.5. The summed E-state index contributed by atoms with van der Waals surface area (Å²) in [4.78, 5) is 42.8. The molecule has 220 valence electrons. The van der Waals surface area contributed by atoms with Crippen LogP contribution in [0.1, 0.15) is 95.5 Å². The number of amides is 3. The van der Waals surface area contributed by atoms with E-state index in [1.54, 1.807) is 25.7 Å². The average molecular weight is 552 g/mol. The Morgan fingerprint density at radius 3 is 2.02 bits per heavy atom. The predicted octanol–water partition coefficient (Wildman–Crippen LogP) is 7.25. The molecule has 2 aromatic carbocycles. The van der Waals surface area contributed by atoms with E-state index in [2.05, 4.69) is 17.6 Å². The minimum Gasteiger partial charge on any atom is -0.444 e. The Morgan fingerprint density at radius 2 is 1.50 bits per heavy atom. The molecular weight excluding hydrogens is 502 g/mol. The summed E-state index contributed by atoms with van der Waals surface area (Å²) in [5.41, 5.74) is 3.72. The Kier molecular flexibility index (Phi) is 12.2. The number of rotatable bonds is 12. The lowest BCUT2D eigenvalue weighted by atomic mass is 9.97. The third-order valence-electron chi connectivity index (χ3n) is 6.82. The number of nitrogens with one attached hydrogen (secondary N) is 2. The molecule has 0 heterocycles. The SMILES string of the molecule is CCCCCCN(C(=O)C(NC(=O)OC(C)(C)C)C(C)C)C(C(=O)Nc1c(C)cccc1C)c1ccc(C)cc1. The second-order valence-electron chi connectivity index (χ2n) is 12.0. The molecule has 3 amide bonds. The zero-order chi connectivity index (χ0) is 30.0. The fourth-order valence-electron chi connectivity index (χ4n) is 4.63. The number of anilines is 1. The maximum absolute atomic E-state index is 14.3. The summed E-state index contributed by atoms with van der Waals surface area (Å²) >= 11 is 0. The minimum absolute atomic E-state index is 0.224. The van der Waals surface area contributed by atoms with E-state index in [1.807, 2.05) is 77.1 Å². The van der Waals surface area contributed by atoms with Crippen LogP contribution in [0.2, 0.25) is 0 Å². The Labute approximate surface area is 241 Å². The molecule has 2 N–H and O–H groups in total. The Bertz CT molecular complexity index is 1120. The van der Waals surface area contributed by atoms with Crippen LogP contribution in [-0.2, 0) is 14.3 Å². The number of unbranched alkanes of at least 4 members (excludes halogenated alkanes) is 3. The molecule has 2 unspecified atom stereocenters. The number of carbonyl (C=O) groups excluding carboxylic acids is 3. The van der Waals surface area contributed by atoms with E-state index in [1.165, 1.54) is 0 Å². The number of carbonyl (C=O) groups is 3. The molecule has 40 heavy (non-hydrogen) atoms. The normalized spacial score (nSPS) is 12.9. The van der Waals surface area contributed by atoms with Crippen LogP contribution in [-0.4, -0.2) is 41.0 Å². The van der Waals surface area contributed by atoms with Crippen LogP contribution in [0.25, 0.3) is 0 Å². The van der Waals surface area contributed by atoms with Crippen molar-refractivity contribution >= 4 is 23.6 Å². The van der Waals surface area contributed by atoms with Crippen molar-refractivity contribution in [1.82, 2.24) is 10.2 Å². The largest absolute Gasteiger partial charge is 0.444 e. The van der Waals surface area contributed by atoms with Crippen LogP contribution < -0.4 is 10.6 Å². The van der Waals surface area contributed by atoms with E-state index < -0.39 is 23.8 Å². The van der Waals surface area contributed by atoms with Gasteiger partial charge in [0.25, 0.3) is 5.91 Å². The Balaban J connectivity index is 2.55. The predicted molar refractivity (Wildman–Crippen MR) is 162 cm³/mol. The van der Waals surface area contributed by atoms with Gasteiger partial charge in [-0.2, -0.15) is 0 Å². The highest BCUT2D eigenvalue weighted by Gasteiger charge is 2.37. The highest BCUT2D eigenvalue weighted by molar-refractivity contribution is 6.00. The minimum atomic E-state index is -0.879. The lowest BCUT2D eigenvalue weighted by Crippen LogP contribution is -2.54. The van der Waals surface area contributed by atoms with E-state index in [9.17, 15) is 14.4 Å². The zero-order valence-corrected chi connectivity index (χ0v) is 25.9. The van der Waals surface area contributed by atoms with E-state index in [0.29, 0.717) is 6.54 Å². The standard InChI is InChI=1S/C33H49N3O4/c1-10-11-12-13-21-36(31(38)27(22(2)3)35-32(39)40-33(7,8)9)29(26-19-17-23(4)18-20-26)30(37)34-28-24(5)15-14-16-25(28)6/h14-20,22,27,29H,10-13,21H2,1-9H3,(H,34,37)(H,35,39). The van der Waals surface area contributed by atoms with Crippen molar-refractivity contribution in [1.29, 1.82) is 0 Å². The summed E-state index contributed by atoms with van der Waals surface area (Å²) in [6, 6.07) is 11.8. The highest BCUT2D eigenvalue weighted by Crippen LogP contribution is 2.28. The number of para-hydroxylation sites is 1. The second-order valence-corrected chi connectivity index (χ2v) is 12.0. The van der Waals surface area contributed by atoms with Gasteiger partial charge in [0.1, 0.15) is 17.7 Å². The van der Waals surface area contributed by atoms with Gasteiger partial charge in [0.05, 0.1) is 0 Å². The first-order chi connectivity index (χ1) is 18.7. The molecule has 0 aliphatic heterocycles. The van der Waals surface area contributed by atoms with Crippen LogP contribution >= 0.6 is 0 Å². The second kappa shape index (κ2) is 14.9. The van der Waals surface area contributed by atoms with Crippen LogP contribution in [0.4, 0.5) is 10.5 Å². The van der Waals surface area contributed by atoms with Crippen molar-refractivity contribution < 1.29 is 19.1 Å². The molecule has 0 spiro atoms. The van der Waals surface area contributed by atoms with Gasteiger partial charge < -0.3 is 20.3 Å². The molecular formula is C33H49N3O4. The van der Waals surface area contributed by atoms with Crippen molar-refractivity contribution in [2.24, 2.45) is 5.92 Å². The molecule has 2 rings (SSSR count). The number of nitrogens with zero attached hydrogens (tertiary/aromatic N) is 1. The molecule has 2 aromatic rings. The van der Waals surface area contributed by atoms with Crippen LogP contribution in [0, 0.1) is 26.7 Å². The number of alkyl carbamates (subject to hydrolysis) is 1. The molecule has 0 aliphatic carbocycles. The first kappa shape index (κ1) is 32.9. The van der Waals surface area contributed by atoms with Crippen LogP contribution in [0.15, 0.2) is 42.5 Å². The van der Waals surface area contributed by atoms with E-state index in [4.69, 9.17) is 4.74 Å². The van der Waals surface area contributed by atoms with Crippen molar-refractivity contribution in [3.8, 4) is 0 Å². The molecule has 0 bridgehead atoms. The van der Waals surface area contributed by atoms with Crippen molar-refractivity contribution in [2.75, 3.05) is 11.9 Å². The summed E-state index contributed by atoms with van der Waals surface area (Å²) in [6.45, 7) is 17.5. The molecule has 7 heteroatoms. The van der Waals surface area contributed by atoms with Gasteiger partial charge in [-0.05, 0) is 70.6 Å².